The quantitative estimate of drug-likeness (QED) is 0.730. The van der Waals surface area contributed by atoms with Gasteiger partial charge in [0.1, 0.15) is 11.6 Å². The molecule has 0 aliphatic heterocycles. The van der Waals surface area contributed by atoms with E-state index in [9.17, 15) is 0 Å². The minimum Gasteiger partial charge on any atom is -0.494 e. The molecule has 3 aromatic rings. The number of fused-ring (bicyclic) bond motifs is 1. The molecule has 0 aliphatic rings. The van der Waals surface area contributed by atoms with Gasteiger partial charge >= 0.3 is 0 Å². The van der Waals surface area contributed by atoms with Gasteiger partial charge in [-0.3, -0.25) is 0 Å². The van der Waals surface area contributed by atoms with Crippen LogP contribution in [0.1, 0.15) is 12.7 Å². The van der Waals surface area contributed by atoms with Crippen LogP contribution in [-0.2, 0) is 5.75 Å². The summed E-state index contributed by atoms with van der Waals surface area (Å²) in [5.74, 6) is 2.35. The molecular weight excluding hydrogens is 272 g/mol. The Hall–Kier alpha value is -2.08. The van der Waals surface area contributed by atoms with E-state index in [1.165, 1.54) is 0 Å². The topological polar surface area (TPSA) is 63.7 Å². The Morgan fingerprint density at radius 2 is 2.10 bits per heavy atom. The van der Waals surface area contributed by atoms with E-state index in [4.69, 9.17) is 4.74 Å². The van der Waals surface area contributed by atoms with E-state index < -0.39 is 0 Å². The van der Waals surface area contributed by atoms with Crippen LogP contribution in [0.15, 0.2) is 41.8 Å². The van der Waals surface area contributed by atoms with Crippen molar-refractivity contribution in [2.24, 2.45) is 0 Å². The molecule has 102 valence electrons. The third-order valence-corrected chi connectivity index (χ3v) is 3.57. The molecule has 1 N–H and O–H groups in total. The van der Waals surface area contributed by atoms with Crippen LogP contribution in [-0.4, -0.2) is 26.5 Å². The lowest BCUT2D eigenvalue weighted by atomic mass is 10.3. The van der Waals surface area contributed by atoms with E-state index in [0.29, 0.717) is 12.4 Å². The Kier molecular flexibility index (Phi) is 3.83. The normalized spacial score (nSPS) is 10.8. The molecule has 0 aliphatic carbocycles. The van der Waals surface area contributed by atoms with Crippen LogP contribution in [0.3, 0.4) is 0 Å². The van der Waals surface area contributed by atoms with Crippen LogP contribution < -0.4 is 4.74 Å². The molecule has 20 heavy (non-hydrogen) atoms. The van der Waals surface area contributed by atoms with Gasteiger partial charge in [0.05, 0.1) is 23.4 Å². The van der Waals surface area contributed by atoms with E-state index >= 15 is 0 Å². The third-order valence-electron chi connectivity index (χ3n) is 2.70. The molecule has 5 nitrogen and oxygen atoms in total. The van der Waals surface area contributed by atoms with E-state index in [1.807, 2.05) is 31.2 Å². The number of aromatic nitrogens is 4. The first kappa shape index (κ1) is 12.9. The van der Waals surface area contributed by atoms with Crippen LogP contribution in [0.5, 0.6) is 5.75 Å². The van der Waals surface area contributed by atoms with Crippen molar-refractivity contribution in [3.05, 3.63) is 42.5 Å². The van der Waals surface area contributed by atoms with Crippen LogP contribution >= 0.6 is 11.8 Å². The first-order valence-electron chi connectivity index (χ1n) is 6.36. The molecule has 3 rings (SSSR count). The summed E-state index contributed by atoms with van der Waals surface area (Å²) < 4.78 is 5.48. The number of benzene rings is 1. The summed E-state index contributed by atoms with van der Waals surface area (Å²) in [5, 5.41) is 0.862. The minimum atomic E-state index is 0.659. The third kappa shape index (κ3) is 2.91. The maximum Gasteiger partial charge on any atom is 0.166 e. The number of ether oxygens (including phenoxy) is 1. The predicted octanol–water partition coefficient (Wildman–Crippen LogP) is 3.04. The summed E-state index contributed by atoms with van der Waals surface area (Å²) >= 11 is 1.59. The van der Waals surface area contributed by atoms with Crippen molar-refractivity contribution in [1.82, 2.24) is 19.9 Å². The van der Waals surface area contributed by atoms with Crippen molar-refractivity contribution in [2.75, 3.05) is 6.61 Å². The average molecular weight is 286 g/mol. The van der Waals surface area contributed by atoms with Gasteiger partial charge in [-0.25, -0.2) is 15.0 Å². The number of hydrogen-bond acceptors (Lipinski definition) is 5. The highest BCUT2D eigenvalue weighted by Crippen LogP contribution is 2.24. The molecule has 0 amide bonds. The van der Waals surface area contributed by atoms with Gasteiger partial charge in [-0.15, -0.1) is 0 Å². The van der Waals surface area contributed by atoms with Gasteiger partial charge in [0.25, 0.3) is 0 Å². The summed E-state index contributed by atoms with van der Waals surface area (Å²) in [5.41, 5.74) is 1.91. The van der Waals surface area contributed by atoms with Gasteiger partial charge in [-0.05, 0) is 25.1 Å². The number of thioether (sulfide) groups is 1. The van der Waals surface area contributed by atoms with E-state index in [1.54, 1.807) is 24.2 Å². The minimum absolute atomic E-state index is 0.659. The van der Waals surface area contributed by atoms with Gasteiger partial charge < -0.3 is 9.72 Å². The maximum atomic E-state index is 5.48. The van der Waals surface area contributed by atoms with Crippen LogP contribution in [0.4, 0.5) is 0 Å². The lowest BCUT2D eigenvalue weighted by Crippen LogP contribution is -1.90. The van der Waals surface area contributed by atoms with Crippen molar-refractivity contribution >= 4 is 22.8 Å². The van der Waals surface area contributed by atoms with Crippen molar-refractivity contribution in [1.29, 1.82) is 0 Å². The molecular formula is C14H14N4OS. The number of nitrogens with one attached hydrogen (secondary N) is 1. The first-order chi connectivity index (χ1) is 9.85. The van der Waals surface area contributed by atoms with E-state index in [0.717, 1.165) is 27.8 Å². The Morgan fingerprint density at radius 3 is 2.90 bits per heavy atom. The second-order valence-corrected chi connectivity index (χ2v) is 5.07. The van der Waals surface area contributed by atoms with Crippen LogP contribution in [0.25, 0.3) is 11.0 Å². The zero-order valence-electron chi connectivity index (χ0n) is 11.0. The summed E-state index contributed by atoms with van der Waals surface area (Å²) in [6, 6.07) is 7.67. The zero-order chi connectivity index (χ0) is 13.8. The van der Waals surface area contributed by atoms with Gasteiger partial charge in [0.15, 0.2) is 5.16 Å². The number of rotatable bonds is 5. The second kappa shape index (κ2) is 5.92. The monoisotopic (exact) mass is 286 g/mol. The number of nitrogens with zero attached hydrogens (tertiary/aromatic N) is 3. The van der Waals surface area contributed by atoms with Crippen molar-refractivity contribution in [3.63, 3.8) is 0 Å². The highest BCUT2D eigenvalue weighted by molar-refractivity contribution is 7.98. The fourth-order valence-electron chi connectivity index (χ4n) is 1.83. The van der Waals surface area contributed by atoms with Gasteiger partial charge in [0, 0.05) is 18.5 Å². The number of aromatic amines is 1. The Morgan fingerprint density at radius 1 is 1.25 bits per heavy atom. The van der Waals surface area contributed by atoms with Crippen molar-refractivity contribution in [2.45, 2.75) is 17.8 Å². The van der Waals surface area contributed by atoms with E-state index in [-0.39, 0.29) is 0 Å². The number of hydrogen-bond donors (Lipinski definition) is 1. The molecule has 0 radical (unpaired) electrons. The highest BCUT2D eigenvalue weighted by Gasteiger charge is 2.06. The van der Waals surface area contributed by atoms with Crippen molar-refractivity contribution < 1.29 is 4.74 Å². The number of imidazole rings is 1. The molecule has 0 spiro atoms. The molecule has 2 aromatic heterocycles. The smallest absolute Gasteiger partial charge is 0.166 e. The SMILES string of the molecule is CCOc1ccc2nc(SCc3ncccn3)[nH]c2c1. The first-order valence-corrected chi connectivity index (χ1v) is 7.35. The van der Waals surface area contributed by atoms with Gasteiger partial charge in [-0.2, -0.15) is 0 Å². The summed E-state index contributed by atoms with van der Waals surface area (Å²) in [7, 11) is 0. The molecule has 0 saturated carbocycles. The molecule has 6 heteroatoms. The standard InChI is InChI=1S/C14H14N4OS/c1-2-19-10-4-5-11-12(8-10)18-14(17-11)20-9-13-15-6-3-7-16-13/h3-8H,2,9H2,1H3,(H,17,18). The molecule has 1 aromatic carbocycles. The summed E-state index contributed by atoms with van der Waals surface area (Å²) in [6.45, 7) is 2.63. The maximum absolute atomic E-state index is 5.48. The largest absolute Gasteiger partial charge is 0.494 e. The lowest BCUT2D eigenvalue weighted by Gasteiger charge is -2.00. The fraction of sp³-hybridized carbons (Fsp3) is 0.214. The summed E-state index contributed by atoms with van der Waals surface area (Å²) in [4.78, 5) is 16.2. The fourth-order valence-corrected chi connectivity index (χ4v) is 2.59. The summed E-state index contributed by atoms with van der Waals surface area (Å²) in [6.07, 6.45) is 3.49. The predicted molar refractivity (Wildman–Crippen MR) is 78.9 cm³/mol. The second-order valence-electron chi connectivity index (χ2n) is 4.11. The van der Waals surface area contributed by atoms with Crippen LogP contribution in [0, 0.1) is 0 Å². The zero-order valence-corrected chi connectivity index (χ0v) is 11.9. The Bertz CT molecular complexity index is 699. The van der Waals surface area contributed by atoms with Gasteiger partial charge in [0.2, 0.25) is 0 Å². The lowest BCUT2D eigenvalue weighted by molar-refractivity contribution is 0.340. The molecule has 0 bridgehead atoms. The molecule has 2 heterocycles. The molecule has 0 saturated heterocycles. The highest BCUT2D eigenvalue weighted by atomic mass is 32.2. The van der Waals surface area contributed by atoms with Gasteiger partial charge in [-0.1, -0.05) is 11.8 Å². The molecule has 0 unspecified atom stereocenters. The van der Waals surface area contributed by atoms with E-state index in [2.05, 4.69) is 19.9 Å². The Labute approximate surface area is 120 Å². The molecule has 0 fully saturated rings. The van der Waals surface area contributed by atoms with Crippen molar-refractivity contribution in [3.8, 4) is 5.75 Å². The molecule has 0 atom stereocenters. The van der Waals surface area contributed by atoms with Crippen LogP contribution in [0.2, 0.25) is 0 Å². The average Bonchev–Trinajstić information content (AvgIpc) is 2.89. The Balaban J connectivity index is 1.75. The number of H-pyrrole nitrogens is 1.